The summed E-state index contributed by atoms with van der Waals surface area (Å²) in [6.07, 6.45) is -9.21. The lowest BCUT2D eigenvalue weighted by atomic mass is 10.0. The zero-order valence-electron chi connectivity index (χ0n) is 9.66. The Bertz CT molecular complexity index is 399. The van der Waals surface area contributed by atoms with Crippen LogP contribution in [0.4, 0.5) is 0 Å². The molecule has 0 saturated carbocycles. The molecule has 7 N–H and O–H groups in total. The van der Waals surface area contributed by atoms with Crippen LogP contribution in [-0.2, 0) is 23.0 Å². The fraction of sp³-hybridized carbons (Fsp3) is 0.833. The minimum atomic E-state index is -5.30. The van der Waals surface area contributed by atoms with Crippen molar-refractivity contribution in [2.45, 2.75) is 24.4 Å². The fourth-order valence-corrected chi connectivity index (χ4v) is 2.17. The maximum atomic E-state index is 10.7. The molecule has 120 valence electrons. The SMILES string of the molecule is O=C[C@@H](OP(=O)(O)O)[C@H](OP(=O)(O)O)[C@@H](O)[C@H](O)CO. The van der Waals surface area contributed by atoms with E-state index in [0.717, 1.165) is 0 Å². The van der Waals surface area contributed by atoms with Gasteiger partial charge in [-0.15, -0.1) is 0 Å². The van der Waals surface area contributed by atoms with Crippen molar-refractivity contribution in [3.63, 3.8) is 0 Å². The average molecular weight is 340 g/mol. The Balaban J connectivity index is 5.31. The van der Waals surface area contributed by atoms with E-state index in [1.165, 1.54) is 0 Å². The highest BCUT2D eigenvalue weighted by atomic mass is 31.2. The van der Waals surface area contributed by atoms with E-state index < -0.39 is 46.7 Å². The van der Waals surface area contributed by atoms with Crippen LogP contribution in [0.25, 0.3) is 0 Å². The van der Waals surface area contributed by atoms with Gasteiger partial charge in [0.25, 0.3) is 0 Å². The van der Waals surface area contributed by atoms with E-state index in [2.05, 4.69) is 9.05 Å². The van der Waals surface area contributed by atoms with E-state index in [9.17, 15) is 19.0 Å². The molecule has 0 amide bonds. The molecular weight excluding hydrogens is 326 g/mol. The highest BCUT2D eigenvalue weighted by Crippen LogP contribution is 2.43. The number of aliphatic hydroxyl groups excluding tert-OH is 3. The second-order valence-corrected chi connectivity index (χ2v) is 5.88. The van der Waals surface area contributed by atoms with Gasteiger partial charge in [0.05, 0.1) is 6.61 Å². The Morgan fingerprint density at radius 1 is 1.00 bits per heavy atom. The molecule has 4 atom stereocenters. The Kier molecular flexibility index (Phi) is 7.60. The van der Waals surface area contributed by atoms with Crippen LogP contribution < -0.4 is 0 Å². The summed E-state index contributed by atoms with van der Waals surface area (Å²) in [5, 5.41) is 27.2. The number of phosphoric acid groups is 2. The third kappa shape index (κ3) is 7.53. The first-order valence-corrected chi connectivity index (χ1v) is 7.87. The molecule has 0 fully saturated rings. The van der Waals surface area contributed by atoms with Crippen LogP contribution in [0.5, 0.6) is 0 Å². The number of carbonyl (C=O) groups is 1. The van der Waals surface area contributed by atoms with E-state index in [0.29, 0.717) is 0 Å². The monoisotopic (exact) mass is 340 g/mol. The van der Waals surface area contributed by atoms with Gasteiger partial charge in [-0.25, -0.2) is 9.13 Å². The third-order valence-electron chi connectivity index (χ3n) is 1.89. The smallest absolute Gasteiger partial charge is 0.394 e. The molecule has 0 radical (unpaired) electrons. The Morgan fingerprint density at radius 2 is 1.45 bits per heavy atom. The number of aldehydes is 1. The first-order valence-electron chi connectivity index (χ1n) is 4.81. The lowest BCUT2D eigenvalue weighted by Gasteiger charge is -2.29. The first kappa shape index (κ1) is 19.8. The maximum absolute atomic E-state index is 10.7. The predicted molar refractivity (Wildman–Crippen MR) is 59.0 cm³/mol. The van der Waals surface area contributed by atoms with E-state index in [1.54, 1.807) is 0 Å². The second-order valence-electron chi connectivity index (χ2n) is 3.50. The fourth-order valence-electron chi connectivity index (χ4n) is 1.12. The van der Waals surface area contributed by atoms with Crippen LogP contribution >= 0.6 is 15.6 Å². The van der Waals surface area contributed by atoms with Crippen LogP contribution in [-0.4, -0.2) is 72.2 Å². The molecule has 14 heteroatoms. The largest absolute Gasteiger partial charge is 0.470 e. The summed E-state index contributed by atoms with van der Waals surface area (Å²) < 4.78 is 29.2. The molecule has 0 aliphatic carbocycles. The number of hydrogen-bond donors (Lipinski definition) is 7. The van der Waals surface area contributed by atoms with Crippen LogP contribution in [0.15, 0.2) is 0 Å². The van der Waals surface area contributed by atoms with Gasteiger partial charge in [-0.2, -0.15) is 0 Å². The van der Waals surface area contributed by atoms with Gasteiger partial charge in [0.1, 0.15) is 18.3 Å². The molecule has 0 aromatic carbocycles. The minimum Gasteiger partial charge on any atom is -0.394 e. The van der Waals surface area contributed by atoms with Crippen molar-refractivity contribution in [1.82, 2.24) is 0 Å². The van der Waals surface area contributed by atoms with Gasteiger partial charge >= 0.3 is 15.6 Å². The topological polar surface area (TPSA) is 211 Å². The number of rotatable bonds is 9. The van der Waals surface area contributed by atoms with Crippen LogP contribution in [0.3, 0.4) is 0 Å². The molecule has 0 unspecified atom stereocenters. The summed E-state index contributed by atoms with van der Waals surface area (Å²) in [6, 6.07) is 0. The third-order valence-corrected chi connectivity index (χ3v) is 2.93. The van der Waals surface area contributed by atoms with Gasteiger partial charge in [-0.1, -0.05) is 0 Å². The van der Waals surface area contributed by atoms with E-state index in [-0.39, 0.29) is 6.29 Å². The summed E-state index contributed by atoms with van der Waals surface area (Å²) in [5.74, 6) is 0. The van der Waals surface area contributed by atoms with Crippen molar-refractivity contribution < 1.29 is 57.9 Å². The van der Waals surface area contributed by atoms with Crippen molar-refractivity contribution in [2.75, 3.05) is 6.61 Å². The summed E-state index contributed by atoms with van der Waals surface area (Å²) in [4.78, 5) is 44.9. The van der Waals surface area contributed by atoms with E-state index in [1.807, 2.05) is 0 Å². The predicted octanol–water partition coefficient (Wildman–Crippen LogP) is -3.14. The summed E-state index contributed by atoms with van der Waals surface area (Å²) >= 11 is 0. The summed E-state index contributed by atoms with van der Waals surface area (Å²) in [5.41, 5.74) is 0. The molecule has 0 aromatic rings. The molecule has 0 spiro atoms. The molecule has 0 aliphatic rings. The van der Waals surface area contributed by atoms with Crippen molar-refractivity contribution >= 4 is 21.9 Å². The number of aliphatic hydroxyl groups is 3. The number of hydrogen-bond acceptors (Lipinski definition) is 8. The molecule has 0 aliphatic heterocycles. The summed E-state index contributed by atoms with van der Waals surface area (Å²) in [6.45, 7) is -1.08. The Morgan fingerprint density at radius 3 is 1.75 bits per heavy atom. The highest BCUT2D eigenvalue weighted by molar-refractivity contribution is 7.46. The van der Waals surface area contributed by atoms with Gasteiger partial charge in [0.15, 0.2) is 12.4 Å². The average Bonchev–Trinajstić information content (AvgIpc) is 2.29. The normalized spacial score (nSPS) is 19.1. The zero-order valence-corrected chi connectivity index (χ0v) is 11.4. The molecule has 0 rings (SSSR count). The molecule has 20 heavy (non-hydrogen) atoms. The van der Waals surface area contributed by atoms with E-state index in [4.69, 9.17) is 29.8 Å². The van der Waals surface area contributed by atoms with Gasteiger partial charge in [0, 0.05) is 0 Å². The molecule has 0 bridgehead atoms. The molecule has 12 nitrogen and oxygen atoms in total. The molecule has 0 saturated heterocycles. The van der Waals surface area contributed by atoms with Crippen molar-refractivity contribution in [2.24, 2.45) is 0 Å². The highest BCUT2D eigenvalue weighted by Gasteiger charge is 2.41. The van der Waals surface area contributed by atoms with Crippen molar-refractivity contribution in [1.29, 1.82) is 0 Å². The molecular formula is C6H14O12P2. The Labute approximate surface area is 112 Å². The quantitative estimate of drug-likeness (QED) is 0.164. The number of carbonyl (C=O) groups excluding carboxylic acids is 1. The molecule has 0 aromatic heterocycles. The van der Waals surface area contributed by atoms with Crippen LogP contribution in [0, 0.1) is 0 Å². The van der Waals surface area contributed by atoms with Crippen LogP contribution in [0.2, 0.25) is 0 Å². The summed E-state index contributed by atoms with van der Waals surface area (Å²) in [7, 11) is -10.6. The maximum Gasteiger partial charge on any atom is 0.470 e. The standard InChI is InChI=1S/C6H14O12P2/c7-1-3(9)5(10)6(18-20(14,15)16)4(2-8)17-19(11,12)13/h2-7,9-10H,1H2,(H2,11,12,13)(H2,14,15,16)/t3-,4-,5+,6+/m1/s1. The van der Waals surface area contributed by atoms with Crippen LogP contribution in [0.1, 0.15) is 0 Å². The van der Waals surface area contributed by atoms with Gasteiger partial charge < -0.3 is 39.7 Å². The van der Waals surface area contributed by atoms with Crippen molar-refractivity contribution in [3.8, 4) is 0 Å². The molecule has 0 heterocycles. The number of phosphoric ester groups is 2. The van der Waals surface area contributed by atoms with E-state index >= 15 is 0 Å². The zero-order chi connectivity index (χ0) is 16.1. The van der Waals surface area contributed by atoms with Gasteiger partial charge in [0.2, 0.25) is 0 Å². The van der Waals surface area contributed by atoms with Gasteiger partial charge in [-0.05, 0) is 0 Å². The Hall–Kier alpha value is -0.230. The lowest BCUT2D eigenvalue weighted by molar-refractivity contribution is -0.133. The first-order chi connectivity index (χ1) is 8.91. The van der Waals surface area contributed by atoms with Gasteiger partial charge in [-0.3, -0.25) is 9.05 Å². The lowest BCUT2D eigenvalue weighted by Crippen LogP contribution is -2.48. The minimum absolute atomic E-state index is 0.299. The van der Waals surface area contributed by atoms with Crippen molar-refractivity contribution in [3.05, 3.63) is 0 Å². The second kappa shape index (κ2) is 7.69.